The van der Waals surface area contributed by atoms with Gasteiger partial charge in [-0.05, 0) is 0 Å². The van der Waals surface area contributed by atoms with Crippen LogP contribution in [0.2, 0.25) is 0 Å². The number of carbonyl (C=O) groups excluding carboxylic acids is 1. The van der Waals surface area contributed by atoms with Crippen molar-refractivity contribution in [1.29, 1.82) is 0 Å². The average molecular weight is 508 g/mol. The first kappa shape index (κ1) is 29.2. The molecule has 0 aliphatic carbocycles. The number of hydrogen-bond donors (Lipinski definition) is 0. The van der Waals surface area contributed by atoms with Crippen LogP contribution in [-0.2, 0) is 4.79 Å². The Morgan fingerprint density at radius 1 is 1.18 bits per heavy atom. The van der Waals surface area contributed by atoms with Gasteiger partial charge in [0.1, 0.15) is 5.78 Å². The zero-order chi connectivity index (χ0) is 5.86. The fourth-order valence-corrected chi connectivity index (χ4v) is 0.408. The van der Waals surface area contributed by atoms with Crippen molar-refractivity contribution in [2.24, 2.45) is 5.92 Å². The van der Waals surface area contributed by atoms with Gasteiger partial charge in [0.25, 0.3) is 0 Å². The Labute approximate surface area is 131 Å². The molecule has 66 valence electrons. The van der Waals surface area contributed by atoms with E-state index in [1.54, 1.807) is 0 Å². The van der Waals surface area contributed by atoms with Crippen LogP contribution >= 0.6 is 0 Å². The molecule has 0 aliphatic rings. The van der Waals surface area contributed by atoms with Gasteiger partial charge >= 0.3 is 17.4 Å². The quantitative estimate of drug-likeness (QED) is 0.268. The van der Waals surface area contributed by atoms with Crippen molar-refractivity contribution in [3.8, 4) is 0 Å². The Hall–Kier alpha value is 2.39. The summed E-state index contributed by atoms with van der Waals surface area (Å²) in [6, 6.07) is 0. The molecule has 0 unspecified atom stereocenters. The molecule has 0 rings (SSSR count). The molecule has 0 aromatic rings. The van der Waals surface area contributed by atoms with Gasteiger partial charge in [-0.3, -0.25) is 4.79 Å². The number of rotatable bonds is 2. The molecule has 0 aliphatic heterocycles. The molecule has 0 spiro atoms. The van der Waals surface area contributed by atoms with Crippen LogP contribution in [0.5, 0.6) is 0 Å². The predicted molar refractivity (Wildman–Crippen MR) is 35.9 cm³/mol. The number of carbonyl (C=O) groups is 1. The van der Waals surface area contributed by atoms with Gasteiger partial charge in [-0.25, -0.2) is 0 Å². The summed E-state index contributed by atoms with van der Waals surface area (Å²) in [5.74, 6) is 0.574. The Morgan fingerprint density at radius 2 is 1.45 bits per heavy atom. The minimum absolute atomic E-state index is 0. The molecule has 0 saturated carbocycles. The molecule has 0 radical (unpaired) electrons. The normalized spacial score (nSPS) is 6.18. The largest absolute Gasteiger partial charge is 3.00 e. The predicted octanol–water partition coefficient (Wildman–Crippen LogP) is -7.75. The van der Waals surface area contributed by atoms with Crippen molar-refractivity contribution in [3.05, 3.63) is 0 Å². The van der Waals surface area contributed by atoms with Gasteiger partial charge in [-0.1, -0.05) is 20.8 Å². The van der Waals surface area contributed by atoms with Crippen molar-refractivity contribution in [2.45, 2.75) is 27.2 Å². The van der Waals surface area contributed by atoms with Gasteiger partial charge < -0.3 is 71.9 Å². The second kappa shape index (κ2) is 18.2. The van der Waals surface area contributed by atoms with E-state index in [0.717, 1.165) is 0 Å². The third-order valence-electron chi connectivity index (χ3n) is 0.992. The van der Waals surface area contributed by atoms with E-state index in [9.17, 15) is 4.79 Å². The van der Waals surface area contributed by atoms with Crippen LogP contribution in [0.3, 0.4) is 0 Å². The molecule has 0 aromatic heterocycles. The summed E-state index contributed by atoms with van der Waals surface area (Å²) in [7, 11) is 0. The number of halogens is 3. The van der Waals surface area contributed by atoms with E-state index in [4.69, 9.17) is 0 Å². The van der Waals surface area contributed by atoms with E-state index in [-0.39, 0.29) is 95.2 Å². The minimum Gasteiger partial charge on any atom is -1.00 e. The maximum atomic E-state index is 10.5. The number of hydrogen-bond acceptors (Lipinski definition) is 1. The Bertz CT molecular complexity index is 78.2. The van der Waals surface area contributed by atoms with Crippen LogP contribution in [-0.4, -0.2) is 23.1 Å². The average Bonchev–Trinajstić information content (AvgIpc) is 1.65. The fraction of sp³-hybridized carbons (Fsp3) is 0.833. The molecule has 0 N–H and O–H groups in total. The topological polar surface area (TPSA) is 17.1 Å². The molecular formula is C6H12AlI3O. The van der Waals surface area contributed by atoms with Crippen molar-refractivity contribution in [1.82, 2.24) is 0 Å². The third-order valence-corrected chi connectivity index (χ3v) is 0.992. The number of Topliss-reactive ketones (excluding diaryl/α,β-unsaturated/α-hetero) is 1. The van der Waals surface area contributed by atoms with Crippen LogP contribution in [0.4, 0.5) is 0 Å². The van der Waals surface area contributed by atoms with Crippen LogP contribution in [0.25, 0.3) is 0 Å². The summed E-state index contributed by atoms with van der Waals surface area (Å²) >= 11 is 0. The smallest absolute Gasteiger partial charge is 1.00 e. The van der Waals surface area contributed by atoms with Gasteiger partial charge in [0.2, 0.25) is 0 Å². The van der Waals surface area contributed by atoms with E-state index >= 15 is 0 Å². The van der Waals surface area contributed by atoms with Crippen molar-refractivity contribution >= 4 is 23.1 Å². The SMILES string of the molecule is CCC(=O)C(C)C.[Al+3].[I-].[I-].[I-]. The first-order valence-corrected chi connectivity index (χ1v) is 2.71. The first-order valence-electron chi connectivity index (χ1n) is 2.71. The summed E-state index contributed by atoms with van der Waals surface area (Å²) in [6.45, 7) is 5.74. The Morgan fingerprint density at radius 3 is 1.45 bits per heavy atom. The summed E-state index contributed by atoms with van der Waals surface area (Å²) < 4.78 is 0. The Balaban J connectivity index is -0.0000000300. The second-order valence-electron chi connectivity index (χ2n) is 1.97. The minimum atomic E-state index is 0. The van der Waals surface area contributed by atoms with Crippen LogP contribution < -0.4 is 71.9 Å². The van der Waals surface area contributed by atoms with E-state index in [1.165, 1.54) is 0 Å². The zero-order valence-corrected chi connectivity index (χ0v) is 14.5. The van der Waals surface area contributed by atoms with Crippen LogP contribution in [0.1, 0.15) is 27.2 Å². The molecule has 0 atom stereocenters. The standard InChI is InChI=1S/C6H12O.Al.3HI/c1-4-6(7)5(2)3;;;;/h5H,4H2,1-3H3;;3*1H/q;+3;;;/p-3. The van der Waals surface area contributed by atoms with Gasteiger partial charge in [-0.15, -0.1) is 0 Å². The summed E-state index contributed by atoms with van der Waals surface area (Å²) in [4.78, 5) is 10.5. The van der Waals surface area contributed by atoms with E-state index < -0.39 is 0 Å². The molecule has 0 bridgehead atoms. The molecular weight excluding hydrogens is 496 g/mol. The maximum absolute atomic E-state index is 10.5. The molecule has 0 saturated heterocycles. The van der Waals surface area contributed by atoms with Crippen molar-refractivity contribution in [2.75, 3.05) is 0 Å². The second-order valence-corrected chi connectivity index (χ2v) is 1.97. The zero-order valence-electron chi connectivity index (χ0n) is 6.90. The molecule has 11 heavy (non-hydrogen) atoms. The third kappa shape index (κ3) is 19.0. The molecule has 1 nitrogen and oxygen atoms in total. The van der Waals surface area contributed by atoms with Gasteiger partial charge in [0.15, 0.2) is 0 Å². The van der Waals surface area contributed by atoms with Crippen molar-refractivity contribution < 1.29 is 76.7 Å². The van der Waals surface area contributed by atoms with E-state index in [2.05, 4.69) is 0 Å². The first-order chi connectivity index (χ1) is 3.18. The number of ketones is 1. The monoisotopic (exact) mass is 508 g/mol. The van der Waals surface area contributed by atoms with E-state index in [0.29, 0.717) is 12.2 Å². The van der Waals surface area contributed by atoms with Crippen LogP contribution in [0.15, 0.2) is 0 Å². The summed E-state index contributed by atoms with van der Waals surface area (Å²) in [5.41, 5.74) is 0. The molecule has 5 heteroatoms. The van der Waals surface area contributed by atoms with E-state index in [1.807, 2.05) is 20.8 Å². The summed E-state index contributed by atoms with van der Waals surface area (Å²) in [5, 5.41) is 0. The molecule has 0 heterocycles. The molecule has 0 aromatic carbocycles. The van der Waals surface area contributed by atoms with Crippen molar-refractivity contribution in [3.63, 3.8) is 0 Å². The molecule has 0 amide bonds. The summed E-state index contributed by atoms with van der Waals surface area (Å²) in [6.07, 6.45) is 0.678. The van der Waals surface area contributed by atoms with Gasteiger partial charge in [0.05, 0.1) is 0 Å². The Kier molecular flexibility index (Phi) is 48.4. The molecule has 0 fully saturated rings. The van der Waals surface area contributed by atoms with Gasteiger partial charge in [-0.2, -0.15) is 0 Å². The fourth-order valence-electron chi connectivity index (χ4n) is 0.408. The van der Waals surface area contributed by atoms with Gasteiger partial charge in [0, 0.05) is 12.3 Å². The van der Waals surface area contributed by atoms with Crippen LogP contribution in [0, 0.1) is 5.92 Å². The maximum Gasteiger partial charge on any atom is 3.00 e.